The Morgan fingerprint density at radius 2 is 1.17 bits per heavy atom. The van der Waals surface area contributed by atoms with Crippen molar-refractivity contribution < 1.29 is 38.4 Å². The maximum atomic E-state index is 12.0. The minimum atomic E-state index is -0.273. The molecule has 5 atom stereocenters. The van der Waals surface area contributed by atoms with Crippen molar-refractivity contribution in [1.29, 1.82) is 0 Å². The molecule has 8 nitrogen and oxygen atoms in total. The highest BCUT2D eigenvalue weighted by Gasteiger charge is 2.32. The van der Waals surface area contributed by atoms with Gasteiger partial charge >= 0.3 is 11.9 Å². The van der Waals surface area contributed by atoms with Crippen LogP contribution in [0.15, 0.2) is 0 Å². The molecule has 1 N–H and O–H groups in total. The lowest BCUT2D eigenvalue weighted by molar-refractivity contribution is -0.141. The fraction of sp³-hybridized carbons (Fsp3) is 0.921. The van der Waals surface area contributed by atoms with E-state index >= 15 is 0 Å². The molecule has 0 aliphatic carbocycles. The number of aliphatic hydroxyl groups is 1. The van der Waals surface area contributed by atoms with Crippen LogP contribution >= 0.6 is 0 Å². The molecule has 0 amide bonds. The molecule has 0 radical (unpaired) electrons. The van der Waals surface area contributed by atoms with Crippen LogP contribution in [0, 0.1) is 0 Å². The number of esters is 2. The first kappa shape index (κ1) is 42.5. The zero-order valence-electron chi connectivity index (χ0n) is 30.1. The second kappa shape index (κ2) is 28.5. The van der Waals surface area contributed by atoms with Crippen molar-refractivity contribution in [2.75, 3.05) is 14.2 Å². The van der Waals surface area contributed by atoms with E-state index in [1.165, 1.54) is 72.0 Å². The van der Waals surface area contributed by atoms with E-state index in [9.17, 15) is 19.5 Å². The fourth-order valence-electron chi connectivity index (χ4n) is 6.43. The molecule has 2 aliphatic heterocycles. The molecule has 270 valence electrons. The van der Waals surface area contributed by atoms with Crippen LogP contribution in [0.4, 0.5) is 0 Å². The first-order chi connectivity index (χ1) is 22.3. The third-order valence-corrected chi connectivity index (χ3v) is 9.41. The summed E-state index contributed by atoms with van der Waals surface area (Å²) in [6.45, 7) is 4.39. The van der Waals surface area contributed by atoms with Crippen LogP contribution in [0.2, 0.25) is 0 Å². The van der Waals surface area contributed by atoms with Crippen molar-refractivity contribution >= 4 is 17.7 Å². The van der Waals surface area contributed by atoms with Crippen LogP contribution in [-0.4, -0.2) is 67.6 Å². The summed E-state index contributed by atoms with van der Waals surface area (Å²) in [4.78, 5) is 33.9. The Kier molecular flexibility index (Phi) is 26.3. The highest BCUT2D eigenvalue weighted by molar-refractivity contribution is 5.85. The van der Waals surface area contributed by atoms with Crippen LogP contribution in [0.1, 0.15) is 181 Å². The Morgan fingerprint density at radius 3 is 1.76 bits per heavy atom. The minimum Gasteiger partial charge on any atom is -0.469 e. The topological polar surface area (TPSA) is 108 Å². The Balaban J connectivity index is 0.000000460. The third-order valence-electron chi connectivity index (χ3n) is 9.41. The smallest absolute Gasteiger partial charge is 0.305 e. The molecule has 5 unspecified atom stereocenters. The predicted octanol–water partition coefficient (Wildman–Crippen LogP) is 8.97. The van der Waals surface area contributed by atoms with Gasteiger partial charge < -0.3 is 24.1 Å². The molecule has 0 aromatic carbocycles. The molecule has 2 rings (SSSR count). The molecule has 46 heavy (non-hydrogen) atoms. The number of carbonyl (C=O) groups is 3. The number of methoxy groups -OCH3 is 2. The van der Waals surface area contributed by atoms with Gasteiger partial charge in [0.05, 0.1) is 38.6 Å². The lowest BCUT2D eigenvalue weighted by Gasteiger charge is -2.19. The van der Waals surface area contributed by atoms with Crippen molar-refractivity contribution in [1.82, 2.24) is 0 Å². The van der Waals surface area contributed by atoms with Gasteiger partial charge in [-0.2, -0.15) is 0 Å². The average Bonchev–Trinajstić information content (AvgIpc) is 3.68. The van der Waals surface area contributed by atoms with Crippen molar-refractivity contribution in [2.24, 2.45) is 0 Å². The van der Waals surface area contributed by atoms with E-state index in [2.05, 4.69) is 23.3 Å². The Labute approximate surface area is 281 Å². The summed E-state index contributed by atoms with van der Waals surface area (Å²) in [6.07, 6.45) is 27.1. The number of ketones is 1. The number of aliphatic hydroxyl groups excluding tert-OH is 1. The largest absolute Gasteiger partial charge is 0.469 e. The normalized spacial score (nSPS) is 21.5. The molecule has 2 heterocycles. The summed E-state index contributed by atoms with van der Waals surface area (Å²) in [5.74, 6) is 0.0732. The van der Waals surface area contributed by atoms with E-state index in [0.29, 0.717) is 31.1 Å². The molecule has 0 aromatic rings. The van der Waals surface area contributed by atoms with Crippen molar-refractivity contribution in [3.8, 4) is 0 Å². The van der Waals surface area contributed by atoms with Crippen molar-refractivity contribution in [3.63, 3.8) is 0 Å². The predicted molar refractivity (Wildman–Crippen MR) is 184 cm³/mol. The molecule has 8 heteroatoms. The summed E-state index contributed by atoms with van der Waals surface area (Å²) in [6, 6.07) is 0. The van der Waals surface area contributed by atoms with Crippen molar-refractivity contribution in [3.05, 3.63) is 0 Å². The van der Waals surface area contributed by atoms with Gasteiger partial charge in [0.15, 0.2) is 5.78 Å². The Morgan fingerprint density at radius 1 is 0.674 bits per heavy atom. The number of carbonyl (C=O) groups excluding carboxylic acids is 3. The zero-order chi connectivity index (χ0) is 33.8. The summed E-state index contributed by atoms with van der Waals surface area (Å²) in [7, 11) is 2.87. The number of unbranched alkanes of at least 4 members (excludes halogenated alkanes) is 13. The lowest BCUT2D eigenvalue weighted by atomic mass is 10.0. The number of hydrogen-bond donors (Lipinski definition) is 1. The van der Waals surface area contributed by atoms with Gasteiger partial charge in [-0.3, -0.25) is 14.4 Å². The van der Waals surface area contributed by atoms with E-state index in [4.69, 9.17) is 9.47 Å². The summed E-state index contributed by atoms with van der Waals surface area (Å²) < 4.78 is 21.2. The minimum absolute atomic E-state index is 0.0666. The van der Waals surface area contributed by atoms with Crippen molar-refractivity contribution in [2.45, 2.75) is 211 Å². The van der Waals surface area contributed by atoms with Gasteiger partial charge in [0.25, 0.3) is 0 Å². The lowest BCUT2D eigenvalue weighted by Crippen LogP contribution is -2.26. The maximum Gasteiger partial charge on any atom is 0.305 e. The quantitative estimate of drug-likeness (QED) is 0.0727. The molecular weight excluding hydrogens is 584 g/mol. The van der Waals surface area contributed by atoms with Gasteiger partial charge in [-0.25, -0.2) is 0 Å². The Bertz CT molecular complexity index is 772. The fourth-order valence-corrected chi connectivity index (χ4v) is 6.43. The number of hydrogen-bond acceptors (Lipinski definition) is 8. The van der Waals surface area contributed by atoms with E-state index in [0.717, 1.165) is 89.9 Å². The second-order valence-electron chi connectivity index (χ2n) is 13.5. The molecule has 0 spiro atoms. The first-order valence-corrected chi connectivity index (χ1v) is 19.0. The number of ether oxygens (including phenoxy) is 4. The van der Waals surface area contributed by atoms with Crippen LogP contribution in [-0.2, 0) is 33.3 Å². The number of rotatable bonds is 26. The van der Waals surface area contributed by atoms with Crippen LogP contribution < -0.4 is 0 Å². The van der Waals surface area contributed by atoms with E-state index in [1.54, 1.807) is 0 Å². The highest BCUT2D eigenvalue weighted by atomic mass is 16.5. The van der Waals surface area contributed by atoms with Gasteiger partial charge in [-0.15, -0.1) is 0 Å². The van der Waals surface area contributed by atoms with E-state index in [1.807, 2.05) is 0 Å². The summed E-state index contributed by atoms with van der Waals surface area (Å²) >= 11 is 0. The Hall–Kier alpha value is -1.51. The van der Waals surface area contributed by atoms with E-state index in [-0.39, 0.29) is 36.4 Å². The van der Waals surface area contributed by atoms with Crippen LogP contribution in [0.5, 0.6) is 0 Å². The van der Waals surface area contributed by atoms with Gasteiger partial charge in [0.1, 0.15) is 6.10 Å². The highest BCUT2D eigenvalue weighted by Crippen LogP contribution is 2.28. The van der Waals surface area contributed by atoms with Crippen LogP contribution in [0.3, 0.4) is 0 Å². The molecular formula is C38H70O8. The molecule has 0 saturated carbocycles. The van der Waals surface area contributed by atoms with Crippen LogP contribution in [0.25, 0.3) is 0 Å². The average molecular weight is 655 g/mol. The summed E-state index contributed by atoms with van der Waals surface area (Å²) in [5, 5.41) is 10.2. The maximum absolute atomic E-state index is 12.0. The summed E-state index contributed by atoms with van der Waals surface area (Å²) in [5.41, 5.74) is 0. The zero-order valence-corrected chi connectivity index (χ0v) is 30.1. The first-order valence-electron chi connectivity index (χ1n) is 19.0. The monoisotopic (exact) mass is 655 g/mol. The molecule has 0 bridgehead atoms. The molecule has 2 aliphatic rings. The standard InChI is InChI=1S/C19H36O4.C19H34O4/c1-3-4-8-12-17(20)18-15-14-16(23-18)11-9-6-5-7-10-13-19(21)22-2;1-3-4-5-9-12-16-15-17(20)18(23-16)13-10-7-6-8-11-14-19(21)22-2/h16-18,20H,3-15H2,1-2H3;16,18H,3-15H2,1-2H3. The molecule has 0 aromatic heterocycles. The van der Waals surface area contributed by atoms with Gasteiger partial charge in [-0.05, 0) is 51.4 Å². The van der Waals surface area contributed by atoms with Gasteiger partial charge in [-0.1, -0.05) is 110 Å². The molecule has 2 saturated heterocycles. The number of Topliss-reactive ketones (excluding diaryl/α,β-unsaturated/α-hetero) is 1. The third kappa shape index (κ3) is 21.4. The second-order valence-corrected chi connectivity index (χ2v) is 13.5. The SMILES string of the molecule is CCCCCC(O)C1CCC(CCCCCCCC(=O)OC)O1.CCCCCCC1CC(=O)C(CCCCCCCC(=O)OC)O1. The van der Waals surface area contributed by atoms with Gasteiger partial charge in [0, 0.05) is 19.3 Å². The van der Waals surface area contributed by atoms with E-state index < -0.39 is 0 Å². The van der Waals surface area contributed by atoms with Gasteiger partial charge in [0.2, 0.25) is 0 Å². The molecule has 2 fully saturated rings.